The van der Waals surface area contributed by atoms with E-state index < -0.39 is 0 Å². The van der Waals surface area contributed by atoms with Gasteiger partial charge in [0.2, 0.25) is 5.91 Å². The molecule has 0 radical (unpaired) electrons. The average Bonchev–Trinajstić information content (AvgIpc) is 3.25. The zero-order chi connectivity index (χ0) is 18.3. The van der Waals surface area contributed by atoms with Gasteiger partial charge in [0.05, 0.1) is 11.5 Å². The number of nitrogens with zero attached hydrogens (tertiary/aromatic N) is 2. The zero-order valence-electron chi connectivity index (χ0n) is 16.3. The van der Waals surface area contributed by atoms with Crippen molar-refractivity contribution in [3.05, 3.63) is 35.9 Å². The number of rotatable bonds is 3. The summed E-state index contributed by atoms with van der Waals surface area (Å²) in [4.78, 5) is 18.3. The standard InChI is InChI=1S/C23H32N2O2/c26-22-23(12-4-5-13-23)21(18-6-2-1-3-7-18)25(22)20-8-14-24(15-9-20)19-10-16-27-17-11-19/h1-3,6-7,19-21H,4-5,8-17H2. The minimum absolute atomic E-state index is 0.0841. The van der Waals surface area contributed by atoms with Gasteiger partial charge in [-0.05, 0) is 44.1 Å². The number of piperidine rings is 1. The van der Waals surface area contributed by atoms with Crippen molar-refractivity contribution in [2.45, 2.75) is 69.5 Å². The molecule has 1 atom stereocenters. The van der Waals surface area contributed by atoms with Crippen molar-refractivity contribution < 1.29 is 9.53 Å². The van der Waals surface area contributed by atoms with Gasteiger partial charge in [-0.2, -0.15) is 0 Å². The number of hydrogen-bond acceptors (Lipinski definition) is 3. The molecule has 146 valence electrons. The summed E-state index contributed by atoms with van der Waals surface area (Å²) in [7, 11) is 0. The maximum Gasteiger partial charge on any atom is 0.232 e. The lowest BCUT2D eigenvalue weighted by atomic mass is 9.65. The van der Waals surface area contributed by atoms with Crippen molar-refractivity contribution in [2.75, 3.05) is 26.3 Å². The molecular weight excluding hydrogens is 336 g/mol. The molecule has 4 aliphatic rings. The molecule has 1 aliphatic carbocycles. The van der Waals surface area contributed by atoms with Gasteiger partial charge in [0.1, 0.15) is 0 Å². The first-order valence-electron chi connectivity index (χ1n) is 11.0. The van der Waals surface area contributed by atoms with E-state index in [1.54, 1.807) is 0 Å². The molecule has 1 amide bonds. The Hall–Kier alpha value is -1.39. The van der Waals surface area contributed by atoms with Gasteiger partial charge < -0.3 is 14.5 Å². The van der Waals surface area contributed by atoms with E-state index in [1.807, 2.05) is 0 Å². The van der Waals surface area contributed by atoms with Crippen LogP contribution in [0.5, 0.6) is 0 Å². The van der Waals surface area contributed by atoms with E-state index in [0.29, 0.717) is 24.0 Å². The number of ether oxygens (including phenoxy) is 1. The van der Waals surface area contributed by atoms with E-state index in [2.05, 4.69) is 40.1 Å². The van der Waals surface area contributed by atoms with Crippen molar-refractivity contribution >= 4 is 5.91 Å². The molecule has 4 nitrogen and oxygen atoms in total. The Balaban J connectivity index is 1.31. The molecule has 3 saturated heterocycles. The second-order valence-electron chi connectivity index (χ2n) is 9.00. The summed E-state index contributed by atoms with van der Waals surface area (Å²) >= 11 is 0. The van der Waals surface area contributed by atoms with Gasteiger partial charge in [0.25, 0.3) is 0 Å². The topological polar surface area (TPSA) is 32.8 Å². The molecule has 1 aromatic carbocycles. The normalized spacial score (nSPS) is 30.0. The number of amides is 1. The second kappa shape index (κ2) is 7.21. The first-order chi connectivity index (χ1) is 13.3. The highest BCUT2D eigenvalue weighted by Crippen LogP contribution is 2.60. The Morgan fingerprint density at radius 1 is 0.889 bits per heavy atom. The van der Waals surface area contributed by atoms with Gasteiger partial charge >= 0.3 is 0 Å². The van der Waals surface area contributed by atoms with Crippen LogP contribution in [0.25, 0.3) is 0 Å². The van der Waals surface area contributed by atoms with Crippen molar-refractivity contribution in [1.29, 1.82) is 0 Å². The minimum Gasteiger partial charge on any atom is -0.381 e. The van der Waals surface area contributed by atoms with Crippen LogP contribution in [0.3, 0.4) is 0 Å². The summed E-state index contributed by atoms with van der Waals surface area (Å²) in [5, 5.41) is 0. The van der Waals surface area contributed by atoms with Crippen LogP contribution in [-0.4, -0.2) is 54.1 Å². The molecule has 3 aliphatic heterocycles. The Morgan fingerprint density at radius 2 is 1.56 bits per heavy atom. The summed E-state index contributed by atoms with van der Waals surface area (Å²) in [5.41, 5.74) is 1.27. The zero-order valence-corrected chi connectivity index (χ0v) is 16.3. The van der Waals surface area contributed by atoms with E-state index in [1.165, 1.54) is 31.2 Å². The maximum atomic E-state index is 13.3. The Morgan fingerprint density at radius 3 is 2.22 bits per heavy atom. The highest BCUT2D eigenvalue weighted by Gasteiger charge is 2.63. The highest BCUT2D eigenvalue weighted by atomic mass is 16.5. The molecule has 5 rings (SSSR count). The van der Waals surface area contributed by atoms with Crippen molar-refractivity contribution in [1.82, 2.24) is 9.80 Å². The van der Waals surface area contributed by atoms with Crippen LogP contribution in [0.1, 0.15) is 63.0 Å². The van der Waals surface area contributed by atoms with Gasteiger partial charge in [-0.25, -0.2) is 0 Å². The fourth-order valence-corrected chi connectivity index (χ4v) is 6.26. The average molecular weight is 369 g/mol. The number of benzene rings is 1. The molecule has 1 saturated carbocycles. The maximum absolute atomic E-state index is 13.3. The predicted octanol–water partition coefficient (Wildman–Crippen LogP) is 3.77. The summed E-state index contributed by atoms with van der Waals surface area (Å²) in [6.45, 7) is 4.09. The van der Waals surface area contributed by atoms with E-state index in [0.717, 1.165) is 52.0 Å². The van der Waals surface area contributed by atoms with Gasteiger partial charge in [0.15, 0.2) is 0 Å². The van der Waals surface area contributed by atoms with Gasteiger partial charge in [-0.3, -0.25) is 4.79 Å². The van der Waals surface area contributed by atoms with Crippen molar-refractivity contribution in [3.8, 4) is 0 Å². The minimum atomic E-state index is -0.0841. The number of carbonyl (C=O) groups excluding carboxylic acids is 1. The lowest BCUT2D eigenvalue weighted by molar-refractivity contribution is -0.181. The number of carbonyl (C=O) groups is 1. The summed E-state index contributed by atoms with van der Waals surface area (Å²) in [5.74, 6) is 0.457. The number of β-lactam (4-membered cyclic amide) rings is 1. The fourth-order valence-electron chi connectivity index (χ4n) is 6.26. The van der Waals surface area contributed by atoms with Gasteiger partial charge in [-0.15, -0.1) is 0 Å². The van der Waals surface area contributed by atoms with Gasteiger partial charge in [0, 0.05) is 38.4 Å². The molecule has 0 bridgehead atoms. The second-order valence-corrected chi connectivity index (χ2v) is 9.00. The quantitative estimate of drug-likeness (QED) is 0.762. The highest BCUT2D eigenvalue weighted by molar-refractivity contribution is 5.91. The lowest BCUT2D eigenvalue weighted by Gasteiger charge is -2.59. The third-order valence-corrected chi connectivity index (χ3v) is 7.67. The Kier molecular flexibility index (Phi) is 4.73. The van der Waals surface area contributed by atoms with E-state index in [4.69, 9.17) is 4.74 Å². The third-order valence-electron chi connectivity index (χ3n) is 7.67. The smallest absolute Gasteiger partial charge is 0.232 e. The Labute approximate surface area is 162 Å². The molecule has 1 spiro atoms. The molecule has 4 heteroatoms. The lowest BCUT2D eigenvalue weighted by Crippen LogP contribution is -2.66. The predicted molar refractivity (Wildman–Crippen MR) is 105 cm³/mol. The first-order valence-corrected chi connectivity index (χ1v) is 11.0. The van der Waals surface area contributed by atoms with Crippen LogP contribution in [0.4, 0.5) is 0 Å². The molecule has 3 heterocycles. The molecule has 1 unspecified atom stereocenters. The van der Waals surface area contributed by atoms with Crippen LogP contribution >= 0.6 is 0 Å². The molecule has 4 fully saturated rings. The van der Waals surface area contributed by atoms with E-state index in [9.17, 15) is 4.79 Å². The largest absolute Gasteiger partial charge is 0.381 e. The summed E-state index contributed by atoms with van der Waals surface area (Å²) in [6, 6.07) is 12.3. The van der Waals surface area contributed by atoms with Crippen LogP contribution < -0.4 is 0 Å². The summed E-state index contributed by atoms with van der Waals surface area (Å²) in [6.07, 6.45) is 9.19. The van der Waals surface area contributed by atoms with Crippen LogP contribution in [0.2, 0.25) is 0 Å². The molecule has 1 aromatic rings. The van der Waals surface area contributed by atoms with Crippen LogP contribution in [0.15, 0.2) is 30.3 Å². The number of likely N-dealkylation sites (tertiary alicyclic amines) is 2. The van der Waals surface area contributed by atoms with Crippen LogP contribution in [-0.2, 0) is 9.53 Å². The van der Waals surface area contributed by atoms with Crippen molar-refractivity contribution in [3.63, 3.8) is 0 Å². The van der Waals surface area contributed by atoms with E-state index in [-0.39, 0.29) is 5.41 Å². The first kappa shape index (κ1) is 17.7. The molecule has 0 N–H and O–H groups in total. The monoisotopic (exact) mass is 368 g/mol. The molecule has 0 aromatic heterocycles. The summed E-state index contributed by atoms with van der Waals surface area (Å²) < 4.78 is 5.53. The fraction of sp³-hybridized carbons (Fsp3) is 0.696. The number of hydrogen-bond donors (Lipinski definition) is 0. The molecule has 27 heavy (non-hydrogen) atoms. The Bertz CT molecular complexity index is 656. The third kappa shape index (κ3) is 2.92. The van der Waals surface area contributed by atoms with E-state index >= 15 is 0 Å². The van der Waals surface area contributed by atoms with Crippen molar-refractivity contribution in [2.24, 2.45) is 5.41 Å². The van der Waals surface area contributed by atoms with Crippen LogP contribution in [0, 0.1) is 5.41 Å². The van der Waals surface area contributed by atoms with Gasteiger partial charge in [-0.1, -0.05) is 43.2 Å². The SMILES string of the molecule is O=C1N(C2CCN(C3CCOCC3)CC2)C(c2ccccc2)C12CCCC2. The molecular formula is C23H32N2O2.